The Bertz CT molecular complexity index is 299. The molecule has 1 atom stereocenters. The minimum atomic E-state index is -0.403. The van der Waals surface area contributed by atoms with Crippen molar-refractivity contribution in [1.82, 2.24) is 5.32 Å². The van der Waals surface area contributed by atoms with Crippen LogP contribution in [0.15, 0.2) is 12.2 Å². The van der Waals surface area contributed by atoms with Crippen LogP contribution in [0.4, 0.5) is 4.79 Å². The highest BCUT2D eigenvalue weighted by molar-refractivity contribution is 5.67. The molecule has 4 heteroatoms. The van der Waals surface area contributed by atoms with Gasteiger partial charge in [0, 0.05) is 17.9 Å². The van der Waals surface area contributed by atoms with Gasteiger partial charge in [-0.1, -0.05) is 12.2 Å². The Morgan fingerprint density at radius 2 is 2.29 bits per heavy atom. The first-order chi connectivity index (χ1) is 8.08. The lowest BCUT2D eigenvalue weighted by atomic mass is 9.75. The molecule has 96 valence electrons. The van der Waals surface area contributed by atoms with E-state index in [-0.39, 0.29) is 11.5 Å². The molecule has 0 bridgehead atoms. The lowest BCUT2D eigenvalue weighted by Gasteiger charge is -2.32. The quantitative estimate of drug-likeness (QED) is 0.592. The number of carbonyl (C=O) groups is 2. The minimum Gasteiger partial charge on any atom is -0.449 e. The Labute approximate surface area is 102 Å². The third-order valence-corrected chi connectivity index (χ3v) is 2.99. The van der Waals surface area contributed by atoms with Gasteiger partial charge in [-0.15, -0.1) is 0 Å². The second kappa shape index (κ2) is 6.42. The summed E-state index contributed by atoms with van der Waals surface area (Å²) in [5.74, 6) is 0. The molecule has 4 nitrogen and oxygen atoms in total. The third kappa shape index (κ3) is 4.59. The third-order valence-electron chi connectivity index (χ3n) is 2.99. The lowest BCUT2D eigenvalue weighted by Crippen LogP contribution is -2.36. The van der Waals surface area contributed by atoms with Crippen LogP contribution in [0.25, 0.3) is 0 Å². The van der Waals surface area contributed by atoms with Crippen LogP contribution < -0.4 is 5.32 Å². The molecule has 1 N–H and O–H groups in total. The van der Waals surface area contributed by atoms with E-state index >= 15 is 0 Å². The summed E-state index contributed by atoms with van der Waals surface area (Å²) < 4.78 is 5.21. The summed E-state index contributed by atoms with van der Waals surface area (Å²) >= 11 is 0. The van der Waals surface area contributed by atoms with Gasteiger partial charge in [0.05, 0.1) is 6.61 Å². The molecule has 0 heterocycles. The normalized spacial score (nSPS) is 23.5. The molecule has 0 saturated heterocycles. The number of aldehydes is 1. The fourth-order valence-corrected chi connectivity index (χ4v) is 1.99. The van der Waals surface area contributed by atoms with Gasteiger partial charge in [0.2, 0.25) is 0 Å². The smallest absolute Gasteiger partial charge is 0.407 e. The Morgan fingerprint density at radius 3 is 2.82 bits per heavy atom. The molecule has 1 aliphatic carbocycles. The average molecular weight is 239 g/mol. The molecule has 17 heavy (non-hydrogen) atoms. The number of nitrogens with one attached hydrogen (secondary N) is 1. The fraction of sp³-hybridized carbons (Fsp3) is 0.692. The Balaban J connectivity index is 2.47. The second-order valence-electron chi connectivity index (χ2n) is 4.96. The maximum atomic E-state index is 11.4. The number of alkyl carbamates (subject to hydrolysis) is 1. The second-order valence-corrected chi connectivity index (χ2v) is 4.96. The van der Waals surface area contributed by atoms with Crippen molar-refractivity contribution in [3.8, 4) is 0 Å². The topological polar surface area (TPSA) is 55.4 Å². The van der Waals surface area contributed by atoms with Gasteiger partial charge in [0.1, 0.15) is 6.29 Å². The Hall–Kier alpha value is -1.32. The number of amides is 1. The molecular formula is C13H21NO3. The zero-order valence-electron chi connectivity index (χ0n) is 10.6. The molecule has 0 aromatic rings. The molecule has 1 amide bonds. The van der Waals surface area contributed by atoms with Crippen molar-refractivity contribution < 1.29 is 14.3 Å². The van der Waals surface area contributed by atoms with E-state index in [1.165, 1.54) is 0 Å². The van der Waals surface area contributed by atoms with Crippen molar-refractivity contribution in [1.29, 1.82) is 0 Å². The fourth-order valence-electron chi connectivity index (χ4n) is 1.99. The molecule has 0 aromatic heterocycles. The van der Waals surface area contributed by atoms with E-state index in [4.69, 9.17) is 4.74 Å². The first-order valence-electron chi connectivity index (χ1n) is 6.10. The van der Waals surface area contributed by atoms with Crippen molar-refractivity contribution in [2.75, 3.05) is 6.61 Å². The van der Waals surface area contributed by atoms with Crippen LogP contribution in [0, 0.1) is 5.41 Å². The van der Waals surface area contributed by atoms with E-state index < -0.39 is 6.09 Å². The number of ether oxygens (including phenoxy) is 1. The molecule has 0 aromatic carbocycles. The molecular weight excluding hydrogens is 218 g/mol. The number of rotatable bonds is 5. The zero-order chi connectivity index (χ0) is 12.7. The van der Waals surface area contributed by atoms with E-state index in [1.54, 1.807) is 0 Å². The molecule has 0 fully saturated rings. The summed E-state index contributed by atoms with van der Waals surface area (Å²) in [5, 5.41) is 2.67. The van der Waals surface area contributed by atoms with Crippen LogP contribution in [0.3, 0.4) is 0 Å². The lowest BCUT2D eigenvalue weighted by molar-refractivity contribution is -0.110. The monoisotopic (exact) mass is 239 g/mol. The highest BCUT2D eigenvalue weighted by Crippen LogP contribution is 2.35. The van der Waals surface area contributed by atoms with Crippen LogP contribution in [-0.4, -0.2) is 25.0 Å². The average Bonchev–Trinajstić information content (AvgIpc) is 2.27. The van der Waals surface area contributed by atoms with Crippen LogP contribution in [0.2, 0.25) is 0 Å². The maximum absolute atomic E-state index is 11.4. The van der Waals surface area contributed by atoms with E-state index in [2.05, 4.69) is 17.5 Å². The van der Waals surface area contributed by atoms with Crippen molar-refractivity contribution in [3.05, 3.63) is 12.2 Å². The molecule has 1 aliphatic rings. The highest BCUT2D eigenvalue weighted by atomic mass is 16.5. The van der Waals surface area contributed by atoms with Gasteiger partial charge in [-0.25, -0.2) is 4.79 Å². The van der Waals surface area contributed by atoms with E-state index in [9.17, 15) is 9.59 Å². The molecule has 0 spiro atoms. The number of carbonyl (C=O) groups excluding carboxylic acids is 2. The zero-order valence-corrected chi connectivity index (χ0v) is 10.6. The summed E-state index contributed by atoms with van der Waals surface area (Å²) in [6.07, 6.45) is 7.80. The van der Waals surface area contributed by atoms with Gasteiger partial charge in [0.25, 0.3) is 0 Å². The summed E-state index contributed by atoms with van der Waals surface area (Å²) in [5.41, 5.74) is -0.190. The summed E-state index contributed by atoms with van der Waals surface area (Å²) in [6.45, 7) is 4.08. The van der Waals surface area contributed by atoms with Crippen LogP contribution >= 0.6 is 0 Å². The Kier molecular flexibility index (Phi) is 5.19. The highest BCUT2D eigenvalue weighted by Gasteiger charge is 2.31. The van der Waals surface area contributed by atoms with Gasteiger partial charge in [0.15, 0.2) is 0 Å². The van der Waals surface area contributed by atoms with Gasteiger partial charge in [-0.3, -0.25) is 0 Å². The summed E-state index contributed by atoms with van der Waals surface area (Å²) in [7, 11) is 0. The van der Waals surface area contributed by atoms with Gasteiger partial charge in [-0.05, 0) is 33.1 Å². The molecule has 0 aliphatic heterocycles. The standard InChI is InChI=1S/C13H21NO3/c1-11(2)14-12(16)17-10-13(8-9-15)6-4-3-5-7-13/h3-4,9,11H,5-8,10H2,1-2H3,(H,14,16). The van der Waals surface area contributed by atoms with Crippen LogP contribution in [-0.2, 0) is 9.53 Å². The predicted octanol–water partition coefficient (Wildman–Crippen LogP) is 2.44. The molecule has 1 unspecified atom stereocenters. The summed E-state index contributed by atoms with van der Waals surface area (Å²) in [6, 6.07) is 0.0655. The van der Waals surface area contributed by atoms with Crippen molar-refractivity contribution >= 4 is 12.4 Å². The van der Waals surface area contributed by atoms with E-state index in [0.29, 0.717) is 13.0 Å². The number of hydrogen-bond acceptors (Lipinski definition) is 3. The van der Waals surface area contributed by atoms with Crippen molar-refractivity contribution in [2.45, 2.75) is 45.6 Å². The predicted molar refractivity (Wildman–Crippen MR) is 65.7 cm³/mol. The maximum Gasteiger partial charge on any atom is 0.407 e. The molecule has 0 radical (unpaired) electrons. The number of hydrogen-bond donors (Lipinski definition) is 1. The largest absolute Gasteiger partial charge is 0.449 e. The van der Waals surface area contributed by atoms with Gasteiger partial charge in [-0.2, -0.15) is 0 Å². The van der Waals surface area contributed by atoms with E-state index in [0.717, 1.165) is 25.5 Å². The number of allylic oxidation sites excluding steroid dienone is 2. The minimum absolute atomic E-state index is 0.0655. The van der Waals surface area contributed by atoms with Crippen LogP contribution in [0.1, 0.15) is 39.5 Å². The summed E-state index contributed by atoms with van der Waals surface area (Å²) in [4.78, 5) is 22.1. The van der Waals surface area contributed by atoms with Crippen molar-refractivity contribution in [2.24, 2.45) is 5.41 Å². The van der Waals surface area contributed by atoms with Gasteiger partial charge >= 0.3 is 6.09 Å². The first-order valence-corrected chi connectivity index (χ1v) is 6.10. The van der Waals surface area contributed by atoms with E-state index in [1.807, 2.05) is 13.8 Å². The first kappa shape index (κ1) is 13.7. The molecule has 1 rings (SSSR count). The molecule has 0 saturated carbocycles. The van der Waals surface area contributed by atoms with Crippen LogP contribution in [0.5, 0.6) is 0 Å². The Morgan fingerprint density at radius 1 is 1.53 bits per heavy atom. The van der Waals surface area contributed by atoms with Gasteiger partial charge < -0.3 is 14.8 Å². The van der Waals surface area contributed by atoms with Crippen molar-refractivity contribution in [3.63, 3.8) is 0 Å². The SMILES string of the molecule is CC(C)NC(=O)OCC1(CC=O)CC=CCC1.